The zero-order valence-electron chi connectivity index (χ0n) is 7.42. The number of rotatable bonds is 2. The zero-order chi connectivity index (χ0) is 9.80. The van der Waals surface area contributed by atoms with Crippen molar-refractivity contribution < 1.29 is 9.84 Å². The highest BCUT2D eigenvalue weighted by Crippen LogP contribution is 2.28. The van der Waals surface area contributed by atoms with E-state index in [1.54, 1.807) is 12.3 Å². The van der Waals surface area contributed by atoms with Crippen LogP contribution < -0.4 is 4.74 Å². The molecule has 0 aliphatic rings. The molecule has 70 valence electrons. The second kappa shape index (κ2) is 3.79. The van der Waals surface area contributed by atoms with E-state index in [1.807, 2.05) is 30.3 Å². The minimum absolute atomic E-state index is 0.0383. The lowest BCUT2D eigenvalue weighted by Crippen LogP contribution is -1.84. The van der Waals surface area contributed by atoms with E-state index in [1.165, 1.54) is 6.20 Å². The van der Waals surface area contributed by atoms with Gasteiger partial charge in [0.2, 0.25) is 0 Å². The first-order valence-corrected chi connectivity index (χ1v) is 4.22. The first kappa shape index (κ1) is 8.56. The van der Waals surface area contributed by atoms with Gasteiger partial charge in [0, 0.05) is 12.3 Å². The molecule has 2 rings (SSSR count). The van der Waals surface area contributed by atoms with Gasteiger partial charge in [0.1, 0.15) is 5.75 Å². The predicted octanol–water partition coefficient (Wildman–Crippen LogP) is 2.58. The molecule has 0 radical (unpaired) electrons. The van der Waals surface area contributed by atoms with Crippen molar-refractivity contribution in [1.82, 2.24) is 4.98 Å². The number of aromatic nitrogens is 1. The Labute approximate surface area is 81.6 Å². The van der Waals surface area contributed by atoms with Crippen LogP contribution in [0.1, 0.15) is 0 Å². The van der Waals surface area contributed by atoms with Crippen LogP contribution in [0.2, 0.25) is 0 Å². The summed E-state index contributed by atoms with van der Waals surface area (Å²) in [5.74, 6) is 1.14. The van der Waals surface area contributed by atoms with Crippen molar-refractivity contribution >= 4 is 0 Å². The van der Waals surface area contributed by atoms with Gasteiger partial charge in [0.25, 0.3) is 0 Å². The van der Waals surface area contributed by atoms with Gasteiger partial charge in [-0.15, -0.1) is 0 Å². The Morgan fingerprint density at radius 1 is 1.07 bits per heavy atom. The topological polar surface area (TPSA) is 42.4 Å². The standard InChI is InChI=1S/C11H9NO2/c13-10-8-12-7-6-11(10)14-9-4-2-1-3-5-9/h1-8,13H. The van der Waals surface area contributed by atoms with Gasteiger partial charge in [-0.05, 0) is 12.1 Å². The summed E-state index contributed by atoms with van der Waals surface area (Å²) < 4.78 is 5.42. The first-order chi connectivity index (χ1) is 6.86. The van der Waals surface area contributed by atoms with Crippen molar-refractivity contribution in [2.24, 2.45) is 0 Å². The van der Waals surface area contributed by atoms with Crippen LogP contribution in [0.5, 0.6) is 17.2 Å². The molecule has 14 heavy (non-hydrogen) atoms. The minimum Gasteiger partial charge on any atom is -0.503 e. The average molecular weight is 187 g/mol. The highest BCUT2D eigenvalue weighted by Gasteiger charge is 2.01. The number of hydrogen-bond acceptors (Lipinski definition) is 3. The fraction of sp³-hybridized carbons (Fsp3) is 0. The van der Waals surface area contributed by atoms with E-state index < -0.39 is 0 Å². The Morgan fingerprint density at radius 2 is 1.86 bits per heavy atom. The molecule has 0 amide bonds. The molecule has 1 aromatic carbocycles. The molecule has 2 aromatic rings. The van der Waals surface area contributed by atoms with E-state index in [2.05, 4.69) is 4.98 Å². The summed E-state index contributed by atoms with van der Waals surface area (Å²) in [6.45, 7) is 0. The number of benzene rings is 1. The highest BCUT2D eigenvalue weighted by molar-refractivity contribution is 5.39. The number of aromatic hydroxyl groups is 1. The van der Waals surface area contributed by atoms with Gasteiger partial charge in [-0.3, -0.25) is 4.98 Å². The van der Waals surface area contributed by atoms with Gasteiger partial charge in [0.05, 0.1) is 6.20 Å². The third kappa shape index (κ3) is 1.82. The van der Waals surface area contributed by atoms with Crippen molar-refractivity contribution in [2.45, 2.75) is 0 Å². The quantitative estimate of drug-likeness (QED) is 0.785. The van der Waals surface area contributed by atoms with Crippen LogP contribution in [0.4, 0.5) is 0 Å². The Balaban J connectivity index is 2.24. The third-order valence-corrected chi connectivity index (χ3v) is 1.73. The van der Waals surface area contributed by atoms with Gasteiger partial charge in [0.15, 0.2) is 11.5 Å². The molecule has 0 fully saturated rings. The maximum atomic E-state index is 9.38. The molecular weight excluding hydrogens is 178 g/mol. The maximum Gasteiger partial charge on any atom is 0.177 e. The molecule has 3 heteroatoms. The van der Waals surface area contributed by atoms with Crippen molar-refractivity contribution in [2.75, 3.05) is 0 Å². The Kier molecular flexibility index (Phi) is 2.32. The number of ether oxygens (including phenoxy) is 1. The number of hydrogen-bond donors (Lipinski definition) is 1. The van der Waals surface area contributed by atoms with E-state index >= 15 is 0 Å². The summed E-state index contributed by atoms with van der Waals surface area (Å²) in [4.78, 5) is 3.76. The molecule has 0 saturated carbocycles. The molecule has 0 aliphatic carbocycles. The monoisotopic (exact) mass is 187 g/mol. The van der Waals surface area contributed by atoms with Crippen LogP contribution >= 0.6 is 0 Å². The number of pyridine rings is 1. The van der Waals surface area contributed by atoms with E-state index in [0.717, 1.165) is 0 Å². The van der Waals surface area contributed by atoms with E-state index in [-0.39, 0.29) is 5.75 Å². The first-order valence-electron chi connectivity index (χ1n) is 4.22. The third-order valence-electron chi connectivity index (χ3n) is 1.73. The van der Waals surface area contributed by atoms with Gasteiger partial charge in [-0.2, -0.15) is 0 Å². The van der Waals surface area contributed by atoms with Crippen molar-refractivity contribution in [1.29, 1.82) is 0 Å². The van der Waals surface area contributed by atoms with Gasteiger partial charge in [-0.1, -0.05) is 18.2 Å². The molecule has 3 nitrogen and oxygen atoms in total. The summed E-state index contributed by atoms with van der Waals surface area (Å²) >= 11 is 0. The lowest BCUT2D eigenvalue weighted by molar-refractivity contribution is 0.409. The average Bonchev–Trinajstić information content (AvgIpc) is 2.23. The number of para-hydroxylation sites is 1. The number of nitrogens with zero attached hydrogens (tertiary/aromatic N) is 1. The summed E-state index contributed by atoms with van der Waals surface area (Å²) in [6.07, 6.45) is 2.91. The minimum atomic E-state index is 0.0383. The molecule has 0 spiro atoms. The molecule has 0 saturated heterocycles. The SMILES string of the molecule is Oc1cnccc1Oc1ccccc1. The highest BCUT2D eigenvalue weighted by atomic mass is 16.5. The smallest absolute Gasteiger partial charge is 0.177 e. The Bertz CT molecular complexity index is 415. The van der Waals surface area contributed by atoms with Crippen LogP contribution in [0.15, 0.2) is 48.8 Å². The van der Waals surface area contributed by atoms with Gasteiger partial charge in [-0.25, -0.2) is 0 Å². The summed E-state index contributed by atoms with van der Waals surface area (Å²) in [5, 5.41) is 9.38. The molecule has 0 aliphatic heterocycles. The van der Waals surface area contributed by atoms with Crippen molar-refractivity contribution in [3.05, 3.63) is 48.8 Å². The maximum absolute atomic E-state index is 9.38. The summed E-state index contributed by atoms with van der Waals surface area (Å²) in [6, 6.07) is 10.9. The fourth-order valence-corrected chi connectivity index (χ4v) is 1.08. The van der Waals surface area contributed by atoms with Crippen LogP contribution in [0.25, 0.3) is 0 Å². The Hall–Kier alpha value is -2.03. The second-order valence-corrected chi connectivity index (χ2v) is 2.76. The zero-order valence-corrected chi connectivity index (χ0v) is 7.42. The molecule has 0 atom stereocenters. The van der Waals surface area contributed by atoms with E-state index in [4.69, 9.17) is 4.74 Å². The van der Waals surface area contributed by atoms with Crippen molar-refractivity contribution in [3.63, 3.8) is 0 Å². The molecular formula is C11H9NO2. The van der Waals surface area contributed by atoms with Gasteiger partial charge < -0.3 is 9.84 Å². The largest absolute Gasteiger partial charge is 0.503 e. The fourth-order valence-electron chi connectivity index (χ4n) is 1.08. The lowest BCUT2D eigenvalue weighted by atomic mass is 10.3. The van der Waals surface area contributed by atoms with E-state index in [0.29, 0.717) is 11.5 Å². The molecule has 1 N–H and O–H groups in total. The van der Waals surface area contributed by atoms with Crippen LogP contribution in [0.3, 0.4) is 0 Å². The van der Waals surface area contributed by atoms with Crippen LogP contribution in [-0.4, -0.2) is 10.1 Å². The van der Waals surface area contributed by atoms with E-state index in [9.17, 15) is 5.11 Å². The summed E-state index contributed by atoms with van der Waals surface area (Å²) in [7, 11) is 0. The molecule has 1 heterocycles. The second-order valence-electron chi connectivity index (χ2n) is 2.76. The van der Waals surface area contributed by atoms with Crippen molar-refractivity contribution in [3.8, 4) is 17.2 Å². The normalized spacial score (nSPS) is 9.71. The van der Waals surface area contributed by atoms with Gasteiger partial charge >= 0.3 is 0 Å². The molecule has 0 unspecified atom stereocenters. The Morgan fingerprint density at radius 3 is 2.57 bits per heavy atom. The molecule has 1 aromatic heterocycles. The van der Waals surface area contributed by atoms with Crippen LogP contribution in [0, 0.1) is 0 Å². The summed E-state index contributed by atoms with van der Waals surface area (Å²) in [5.41, 5.74) is 0. The predicted molar refractivity (Wildman–Crippen MR) is 52.4 cm³/mol. The lowest BCUT2D eigenvalue weighted by Gasteiger charge is -2.05. The molecule has 0 bridgehead atoms. The van der Waals surface area contributed by atoms with Crippen LogP contribution in [-0.2, 0) is 0 Å².